The highest BCUT2D eigenvalue weighted by Gasteiger charge is 2.15. The number of hydrogen-bond donors (Lipinski definition) is 1. The van der Waals surface area contributed by atoms with Gasteiger partial charge in [-0.15, -0.1) is 0 Å². The number of nitrogens with one attached hydrogen (secondary N) is 1. The number of benzene rings is 2. The van der Waals surface area contributed by atoms with Gasteiger partial charge in [-0.1, -0.05) is 51.0 Å². The third kappa shape index (κ3) is 10.3. The summed E-state index contributed by atoms with van der Waals surface area (Å²) in [5.41, 5.74) is 1.97. The maximum Gasteiger partial charge on any atom is 0.205 e. The van der Waals surface area contributed by atoms with Crippen LogP contribution >= 0.6 is 0 Å². The molecule has 0 aliphatic rings. The van der Waals surface area contributed by atoms with Crippen LogP contribution in [0.25, 0.3) is 22.7 Å². The van der Waals surface area contributed by atoms with Gasteiger partial charge in [0.2, 0.25) is 6.20 Å². The van der Waals surface area contributed by atoms with Gasteiger partial charge in [-0.2, -0.15) is 4.39 Å². The predicted octanol–water partition coefficient (Wildman–Crippen LogP) is 0.463. The SMILES string of the molecule is CCCCN(CCCC)c1ccc2c(/C=C(\F)c3cc[n+](CCC[NH+](CC)CC)cc3F)cccc2c1.[Br-].[Br-]. The maximum atomic E-state index is 15.3. The van der Waals surface area contributed by atoms with Crippen molar-refractivity contribution in [2.75, 3.05) is 37.6 Å². The molecule has 3 nitrogen and oxygen atoms in total. The molecule has 0 aliphatic heterocycles. The molecule has 0 amide bonds. The van der Waals surface area contributed by atoms with E-state index in [-0.39, 0.29) is 39.5 Å². The molecule has 3 aromatic rings. The first kappa shape index (κ1) is 35.2. The van der Waals surface area contributed by atoms with Crippen LogP contribution in [-0.4, -0.2) is 32.7 Å². The lowest BCUT2D eigenvalue weighted by Crippen LogP contribution is -3.11. The van der Waals surface area contributed by atoms with Crippen LogP contribution in [0.3, 0.4) is 0 Å². The van der Waals surface area contributed by atoms with Crippen LogP contribution in [-0.2, 0) is 6.54 Å². The summed E-state index contributed by atoms with van der Waals surface area (Å²) in [6.07, 6.45) is 10.3. The number of quaternary nitrogens is 1. The summed E-state index contributed by atoms with van der Waals surface area (Å²) in [6, 6.07) is 13.9. The fraction of sp³-hybridized carbons (Fsp3) is 0.469. The highest BCUT2D eigenvalue weighted by atomic mass is 79.9. The van der Waals surface area contributed by atoms with Gasteiger partial charge in [0, 0.05) is 24.8 Å². The van der Waals surface area contributed by atoms with Crippen molar-refractivity contribution >= 4 is 28.4 Å². The molecule has 0 saturated heterocycles. The van der Waals surface area contributed by atoms with Crippen LogP contribution in [0.4, 0.5) is 14.5 Å². The van der Waals surface area contributed by atoms with E-state index in [1.54, 1.807) is 12.3 Å². The Hall–Kier alpha value is -1.83. The minimum atomic E-state index is -0.554. The molecule has 0 atom stereocenters. The summed E-state index contributed by atoms with van der Waals surface area (Å²) >= 11 is 0. The van der Waals surface area contributed by atoms with E-state index in [0.717, 1.165) is 87.7 Å². The molecule has 0 unspecified atom stereocenters. The van der Waals surface area contributed by atoms with Crippen LogP contribution in [0.5, 0.6) is 0 Å². The molecule has 1 aromatic heterocycles. The van der Waals surface area contributed by atoms with E-state index in [1.807, 2.05) is 16.7 Å². The lowest BCUT2D eigenvalue weighted by atomic mass is 10.0. The fourth-order valence-corrected chi connectivity index (χ4v) is 4.86. The normalized spacial score (nSPS) is 11.4. The molecular formula is C32H45Br2F2N3. The Balaban J connectivity index is 0.00000380. The smallest absolute Gasteiger partial charge is 0.205 e. The molecule has 39 heavy (non-hydrogen) atoms. The van der Waals surface area contributed by atoms with Gasteiger partial charge in [0.15, 0.2) is 18.6 Å². The quantitative estimate of drug-likeness (QED) is 0.232. The lowest BCUT2D eigenvalue weighted by Gasteiger charge is -2.25. The molecule has 0 bridgehead atoms. The van der Waals surface area contributed by atoms with Crippen LogP contribution in [0.1, 0.15) is 70.9 Å². The van der Waals surface area contributed by atoms with Crippen molar-refractivity contribution in [2.24, 2.45) is 0 Å². The number of hydrogen-bond acceptors (Lipinski definition) is 1. The van der Waals surface area contributed by atoms with Crippen molar-refractivity contribution in [3.8, 4) is 0 Å². The van der Waals surface area contributed by atoms with E-state index in [4.69, 9.17) is 0 Å². The molecular weight excluding hydrogens is 624 g/mol. The first-order chi connectivity index (χ1) is 18.0. The van der Waals surface area contributed by atoms with Crippen LogP contribution in [0.2, 0.25) is 0 Å². The van der Waals surface area contributed by atoms with Crippen molar-refractivity contribution in [3.05, 3.63) is 71.8 Å². The van der Waals surface area contributed by atoms with Crippen molar-refractivity contribution in [3.63, 3.8) is 0 Å². The van der Waals surface area contributed by atoms with Crippen molar-refractivity contribution in [1.82, 2.24) is 0 Å². The summed E-state index contributed by atoms with van der Waals surface area (Å²) in [6.45, 7) is 14.8. The number of rotatable bonds is 15. The van der Waals surface area contributed by atoms with E-state index >= 15 is 4.39 Å². The number of pyridine rings is 1. The Labute approximate surface area is 255 Å². The molecule has 7 heteroatoms. The van der Waals surface area contributed by atoms with Crippen LogP contribution < -0.4 is 48.3 Å². The molecule has 0 saturated carbocycles. The Morgan fingerprint density at radius 2 is 1.62 bits per heavy atom. The summed E-state index contributed by atoms with van der Waals surface area (Å²) in [5.74, 6) is -1.09. The Kier molecular flexibility index (Phi) is 16.7. The third-order valence-electron chi connectivity index (χ3n) is 7.28. The number of fused-ring (bicyclic) bond motifs is 1. The van der Waals surface area contributed by atoms with E-state index < -0.39 is 11.6 Å². The van der Waals surface area contributed by atoms with E-state index in [2.05, 4.69) is 56.9 Å². The molecule has 0 spiro atoms. The highest BCUT2D eigenvalue weighted by molar-refractivity contribution is 5.95. The monoisotopic (exact) mass is 667 g/mol. The average molecular weight is 670 g/mol. The zero-order valence-corrected chi connectivity index (χ0v) is 27.1. The maximum absolute atomic E-state index is 15.3. The second-order valence-electron chi connectivity index (χ2n) is 9.94. The van der Waals surface area contributed by atoms with Crippen molar-refractivity contribution in [1.29, 1.82) is 0 Å². The minimum Gasteiger partial charge on any atom is -1.00 e. The van der Waals surface area contributed by atoms with Gasteiger partial charge >= 0.3 is 0 Å². The summed E-state index contributed by atoms with van der Waals surface area (Å²) in [4.78, 5) is 3.98. The molecule has 2 aromatic carbocycles. The zero-order valence-electron chi connectivity index (χ0n) is 24.0. The van der Waals surface area contributed by atoms with Crippen molar-refractivity contribution in [2.45, 2.75) is 66.3 Å². The third-order valence-corrected chi connectivity index (χ3v) is 7.28. The van der Waals surface area contributed by atoms with Gasteiger partial charge < -0.3 is 43.8 Å². The number of halogens is 4. The topological polar surface area (TPSA) is 11.6 Å². The summed E-state index contributed by atoms with van der Waals surface area (Å²) < 4.78 is 32.0. The second-order valence-corrected chi connectivity index (χ2v) is 9.94. The van der Waals surface area contributed by atoms with E-state index in [1.165, 1.54) is 22.9 Å². The molecule has 216 valence electrons. The largest absolute Gasteiger partial charge is 1.00 e. The Morgan fingerprint density at radius 1 is 0.923 bits per heavy atom. The molecule has 1 N–H and O–H groups in total. The van der Waals surface area contributed by atoms with Crippen LogP contribution in [0, 0.1) is 5.82 Å². The molecule has 3 rings (SSSR count). The fourth-order valence-electron chi connectivity index (χ4n) is 4.86. The molecule has 1 heterocycles. The Morgan fingerprint density at radius 3 is 2.23 bits per heavy atom. The van der Waals surface area contributed by atoms with Gasteiger partial charge in [0.25, 0.3) is 0 Å². The molecule has 0 fully saturated rings. The second kappa shape index (κ2) is 18.5. The predicted molar refractivity (Wildman–Crippen MR) is 153 cm³/mol. The number of unbranched alkanes of at least 4 members (excludes halogenated alkanes) is 2. The standard InChI is InChI=1S/C32H44F2N3.2BrH/c1-5-9-20-37(21-10-6-2)28-15-16-29-26(23-28)13-11-14-27(29)24-31(33)30-17-22-36(25-32(30)34)19-12-18-35(7-3)8-4;;/h11,13-17,22-25H,5-10,12,18-21H2,1-4H3;2*1H/q+1;;/p-1/b31-24-;;. The molecule has 0 radical (unpaired) electrons. The first-order valence-electron chi connectivity index (χ1n) is 14.2. The average Bonchev–Trinajstić information content (AvgIpc) is 2.91. The lowest BCUT2D eigenvalue weighted by molar-refractivity contribution is -0.899. The molecule has 0 aliphatic carbocycles. The van der Waals surface area contributed by atoms with E-state index in [9.17, 15) is 4.39 Å². The van der Waals surface area contributed by atoms with Gasteiger partial charge in [-0.25, -0.2) is 8.96 Å². The number of nitrogens with zero attached hydrogens (tertiary/aromatic N) is 2. The highest BCUT2D eigenvalue weighted by Crippen LogP contribution is 2.29. The Bertz CT molecular complexity index is 1160. The number of aryl methyl sites for hydroxylation is 1. The summed E-state index contributed by atoms with van der Waals surface area (Å²) in [7, 11) is 0. The van der Waals surface area contributed by atoms with Gasteiger partial charge in [-0.05, 0) is 61.2 Å². The van der Waals surface area contributed by atoms with Gasteiger partial charge in [0.1, 0.15) is 5.83 Å². The number of anilines is 1. The summed E-state index contributed by atoms with van der Waals surface area (Å²) in [5, 5.41) is 2.04. The first-order valence-corrected chi connectivity index (χ1v) is 14.2. The van der Waals surface area contributed by atoms with Crippen LogP contribution in [0.15, 0.2) is 54.9 Å². The van der Waals surface area contributed by atoms with E-state index in [0.29, 0.717) is 0 Å². The number of aromatic nitrogens is 1. The zero-order chi connectivity index (χ0) is 26.6. The minimum absolute atomic E-state index is 0. The van der Waals surface area contributed by atoms with Gasteiger partial charge in [0.05, 0.1) is 31.6 Å². The van der Waals surface area contributed by atoms with Gasteiger partial charge in [-0.3, -0.25) is 0 Å². The van der Waals surface area contributed by atoms with Crippen molar-refractivity contribution < 1.29 is 52.2 Å².